The lowest BCUT2D eigenvalue weighted by Gasteiger charge is -2.16. The highest BCUT2D eigenvalue weighted by Gasteiger charge is 2.26. The number of carbonyl (C=O) groups is 1. The first-order valence-electron chi connectivity index (χ1n) is 8.01. The number of halogens is 1. The SMILES string of the molecule is Cl.Nc1ccc(CC(=O)N2CCC(CSc3ccccc3)C2)cc1. The summed E-state index contributed by atoms with van der Waals surface area (Å²) in [6.45, 7) is 1.77. The molecule has 2 N–H and O–H groups in total. The van der Waals surface area contributed by atoms with Gasteiger partial charge in [0.25, 0.3) is 0 Å². The molecule has 24 heavy (non-hydrogen) atoms. The number of benzene rings is 2. The van der Waals surface area contributed by atoms with E-state index in [1.165, 1.54) is 4.90 Å². The van der Waals surface area contributed by atoms with E-state index < -0.39 is 0 Å². The Balaban J connectivity index is 0.00000208. The predicted octanol–water partition coefficient (Wildman–Crippen LogP) is 3.87. The minimum absolute atomic E-state index is 0. The molecule has 0 aromatic heterocycles. The number of thioether (sulfide) groups is 1. The number of hydrogen-bond donors (Lipinski definition) is 1. The summed E-state index contributed by atoms with van der Waals surface area (Å²) in [6, 6.07) is 18.0. The summed E-state index contributed by atoms with van der Waals surface area (Å²) in [4.78, 5) is 15.7. The number of rotatable bonds is 5. The molecule has 0 saturated carbocycles. The first-order valence-corrected chi connectivity index (χ1v) is 8.99. The summed E-state index contributed by atoms with van der Waals surface area (Å²) in [5, 5.41) is 0. The van der Waals surface area contributed by atoms with Crippen molar-refractivity contribution in [2.45, 2.75) is 17.7 Å². The quantitative estimate of drug-likeness (QED) is 0.648. The number of nitrogens with two attached hydrogens (primary N) is 1. The Bertz CT molecular complexity index is 648. The Kier molecular flexibility index (Phi) is 7.00. The van der Waals surface area contributed by atoms with Crippen LogP contribution in [0, 0.1) is 5.92 Å². The summed E-state index contributed by atoms with van der Waals surface area (Å²) < 4.78 is 0. The largest absolute Gasteiger partial charge is 0.399 e. The summed E-state index contributed by atoms with van der Waals surface area (Å²) in [7, 11) is 0. The van der Waals surface area contributed by atoms with Crippen LogP contribution >= 0.6 is 24.2 Å². The molecule has 1 aliphatic heterocycles. The highest BCUT2D eigenvalue weighted by atomic mass is 35.5. The fourth-order valence-electron chi connectivity index (χ4n) is 2.85. The van der Waals surface area contributed by atoms with Crippen LogP contribution in [0.25, 0.3) is 0 Å². The van der Waals surface area contributed by atoms with Crippen molar-refractivity contribution in [2.24, 2.45) is 5.92 Å². The van der Waals surface area contributed by atoms with Crippen LogP contribution in [-0.4, -0.2) is 29.6 Å². The van der Waals surface area contributed by atoms with E-state index in [-0.39, 0.29) is 18.3 Å². The summed E-state index contributed by atoms with van der Waals surface area (Å²) in [6.07, 6.45) is 1.58. The van der Waals surface area contributed by atoms with Gasteiger partial charge in [-0.3, -0.25) is 4.79 Å². The molecular formula is C19H23ClN2OS. The third kappa shape index (κ3) is 5.18. The van der Waals surface area contributed by atoms with Crippen LogP contribution in [-0.2, 0) is 11.2 Å². The van der Waals surface area contributed by atoms with Crippen molar-refractivity contribution in [3.05, 3.63) is 60.2 Å². The maximum absolute atomic E-state index is 12.4. The molecule has 3 rings (SSSR count). The average Bonchev–Trinajstić information content (AvgIpc) is 3.05. The molecule has 0 radical (unpaired) electrons. The lowest BCUT2D eigenvalue weighted by atomic mass is 10.1. The van der Waals surface area contributed by atoms with Crippen LogP contribution in [0.4, 0.5) is 5.69 Å². The van der Waals surface area contributed by atoms with E-state index in [1.54, 1.807) is 0 Å². The normalized spacial score (nSPS) is 16.7. The molecule has 1 aliphatic rings. The molecule has 0 bridgehead atoms. The number of likely N-dealkylation sites (tertiary alicyclic amines) is 1. The van der Waals surface area contributed by atoms with Crippen molar-refractivity contribution in [3.63, 3.8) is 0 Å². The van der Waals surface area contributed by atoms with Gasteiger partial charge < -0.3 is 10.6 Å². The number of amides is 1. The predicted molar refractivity (Wildman–Crippen MR) is 104 cm³/mol. The molecule has 2 aromatic carbocycles. The lowest BCUT2D eigenvalue weighted by Crippen LogP contribution is -2.30. The minimum Gasteiger partial charge on any atom is -0.399 e. The third-order valence-electron chi connectivity index (χ3n) is 4.20. The zero-order valence-corrected chi connectivity index (χ0v) is 15.2. The van der Waals surface area contributed by atoms with Gasteiger partial charge in [0.1, 0.15) is 0 Å². The second-order valence-electron chi connectivity index (χ2n) is 6.04. The first-order chi connectivity index (χ1) is 11.2. The van der Waals surface area contributed by atoms with Crippen molar-refractivity contribution in [3.8, 4) is 0 Å². The molecule has 1 heterocycles. The van der Waals surface area contributed by atoms with Gasteiger partial charge in [-0.25, -0.2) is 0 Å². The number of hydrogen-bond acceptors (Lipinski definition) is 3. The molecule has 1 atom stereocenters. The molecule has 1 fully saturated rings. The van der Waals surface area contributed by atoms with Crippen LogP contribution in [0.2, 0.25) is 0 Å². The van der Waals surface area contributed by atoms with Crippen LogP contribution in [0.5, 0.6) is 0 Å². The topological polar surface area (TPSA) is 46.3 Å². The van der Waals surface area contributed by atoms with Crippen molar-refractivity contribution in [1.82, 2.24) is 4.90 Å². The maximum atomic E-state index is 12.4. The fourth-order valence-corrected chi connectivity index (χ4v) is 3.90. The molecule has 1 saturated heterocycles. The second-order valence-corrected chi connectivity index (χ2v) is 7.13. The van der Waals surface area contributed by atoms with Gasteiger partial charge in [-0.15, -0.1) is 24.2 Å². The van der Waals surface area contributed by atoms with E-state index in [9.17, 15) is 4.79 Å². The van der Waals surface area contributed by atoms with Crippen LogP contribution < -0.4 is 5.73 Å². The van der Waals surface area contributed by atoms with E-state index in [0.29, 0.717) is 12.3 Å². The zero-order chi connectivity index (χ0) is 16.1. The van der Waals surface area contributed by atoms with Crippen LogP contribution in [0.3, 0.4) is 0 Å². The number of anilines is 1. The van der Waals surface area contributed by atoms with Gasteiger partial charge in [0.15, 0.2) is 0 Å². The van der Waals surface area contributed by atoms with Crippen LogP contribution in [0.1, 0.15) is 12.0 Å². The van der Waals surface area contributed by atoms with E-state index in [2.05, 4.69) is 24.3 Å². The Hall–Kier alpha value is -1.65. The zero-order valence-electron chi connectivity index (χ0n) is 13.6. The standard InChI is InChI=1S/C19H22N2OS.ClH/c20-17-8-6-15(7-9-17)12-19(22)21-11-10-16(13-21)14-23-18-4-2-1-3-5-18;/h1-9,16H,10-14,20H2;1H. The lowest BCUT2D eigenvalue weighted by molar-refractivity contribution is -0.129. The molecule has 128 valence electrons. The van der Waals surface area contributed by atoms with E-state index in [1.807, 2.05) is 47.0 Å². The molecule has 1 amide bonds. The van der Waals surface area contributed by atoms with Crippen molar-refractivity contribution in [2.75, 3.05) is 24.6 Å². The van der Waals surface area contributed by atoms with Gasteiger partial charge in [-0.05, 0) is 42.2 Å². The number of nitrogens with zero attached hydrogens (tertiary/aromatic N) is 1. The number of carbonyl (C=O) groups excluding carboxylic acids is 1. The highest BCUT2D eigenvalue weighted by molar-refractivity contribution is 7.99. The van der Waals surface area contributed by atoms with Crippen molar-refractivity contribution >= 4 is 35.8 Å². The van der Waals surface area contributed by atoms with Gasteiger partial charge in [0, 0.05) is 29.4 Å². The van der Waals surface area contributed by atoms with E-state index in [4.69, 9.17) is 5.73 Å². The van der Waals surface area contributed by atoms with Gasteiger partial charge in [-0.1, -0.05) is 30.3 Å². The Morgan fingerprint density at radius 3 is 2.54 bits per heavy atom. The Morgan fingerprint density at radius 1 is 1.12 bits per heavy atom. The Labute approximate surface area is 154 Å². The summed E-state index contributed by atoms with van der Waals surface area (Å²) >= 11 is 1.89. The average molecular weight is 363 g/mol. The Morgan fingerprint density at radius 2 is 1.83 bits per heavy atom. The molecule has 0 aliphatic carbocycles. The molecule has 2 aromatic rings. The van der Waals surface area contributed by atoms with E-state index in [0.717, 1.165) is 36.5 Å². The van der Waals surface area contributed by atoms with Gasteiger partial charge in [-0.2, -0.15) is 0 Å². The van der Waals surface area contributed by atoms with Crippen LogP contribution in [0.15, 0.2) is 59.5 Å². The maximum Gasteiger partial charge on any atom is 0.226 e. The smallest absolute Gasteiger partial charge is 0.226 e. The molecule has 3 nitrogen and oxygen atoms in total. The molecule has 1 unspecified atom stereocenters. The first kappa shape index (κ1) is 18.7. The monoisotopic (exact) mass is 362 g/mol. The van der Waals surface area contributed by atoms with Gasteiger partial charge >= 0.3 is 0 Å². The van der Waals surface area contributed by atoms with Crippen molar-refractivity contribution in [1.29, 1.82) is 0 Å². The van der Waals surface area contributed by atoms with Gasteiger partial charge in [0.2, 0.25) is 5.91 Å². The molecular weight excluding hydrogens is 340 g/mol. The summed E-state index contributed by atoms with van der Waals surface area (Å²) in [5.41, 5.74) is 7.45. The van der Waals surface area contributed by atoms with Crippen molar-refractivity contribution < 1.29 is 4.79 Å². The molecule has 0 spiro atoms. The highest BCUT2D eigenvalue weighted by Crippen LogP contribution is 2.26. The van der Waals surface area contributed by atoms with Gasteiger partial charge in [0.05, 0.1) is 6.42 Å². The fraction of sp³-hybridized carbons (Fsp3) is 0.316. The minimum atomic E-state index is 0. The van der Waals surface area contributed by atoms with E-state index >= 15 is 0 Å². The number of nitrogen functional groups attached to an aromatic ring is 1. The summed E-state index contributed by atoms with van der Waals surface area (Å²) in [5.74, 6) is 1.90. The molecule has 5 heteroatoms. The second kappa shape index (κ2) is 9.00. The third-order valence-corrected chi connectivity index (χ3v) is 5.45.